The third kappa shape index (κ3) is 4.44. The first-order valence-corrected chi connectivity index (χ1v) is 9.88. The number of thiazole rings is 1. The van der Waals surface area contributed by atoms with Crippen LogP contribution in [0.5, 0.6) is 0 Å². The molecule has 6 nitrogen and oxygen atoms in total. The monoisotopic (exact) mass is 382 g/mol. The molecule has 2 amide bonds. The number of rotatable bonds is 5. The second kappa shape index (κ2) is 8.47. The maximum atomic E-state index is 12.4. The van der Waals surface area contributed by atoms with Crippen molar-refractivity contribution in [3.05, 3.63) is 60.2 Å². The minimum atomic E-state index is -0.233. The number of nitrogens with zero attached hydrogens (tertiary/aromatic N) is 2. The van der Waals surface area contributed by atoms with Gasteiger partial charge in [0, 0.05) is 19.6 Å². The van der Waals surface area contributed by atoms with E-state index in [0.29, 0.717) is 11.7 Å². The summed E-state index contributed by atoms with van der Waals surface area (Å²) in [4.78, 5) is 19.2. The lowest BCUT2D eigenvalue weighted by Crippen LogP contribution is -2.44. The number of hydrogen-bond acceptors (Lipinski definition) is 5. The molecule has 1 aliphatic heterocycles. The standard InChI is InChI=1S/C20H22N4O2S/c25-19(23-20-22-16-8-4-5-9-18(16)27-20)21-14-17(15-6-2-1-3-7-15)24-10-12-26-13-11-24/h1-9,17H,10-14H2,(H2,21,22,23,25). The van der Waals surface area contributed by atoms with E-state index in [1.54, 1.807) is 0 Å². The molecule has 2 N–H and O–H groups in total. The van der Waals surface area contributed by atoms with Gasteiger partial charge >= 0.3 is 6.03 Å². The molecule has 27 heavy (non-hydrogen) atoms. The fourth-order valence-corrected chi connectivity index (χ4v) is 4.14. The zero-order chi connectivity index (χ0) is 18.5. The summed E-state index contributed by atoms with van der Waals surface area (Å²) >= 11 is 1.47. The number of benzene rings is 2. The van der Waals surface area contributed by atoms with E-state index in [2.05, 4.69) is 32.7 Å². The molecule has 1 aromatic heterocycles. The number of aromatic nitrogens is 1. The molecule has 0 radical (unpaired) electrons. The van der Waals surface area contributed by atoms with Crippen molar-refractivity contribution in [3.8, 4) is 0 Å². The molecule has 4 rings (SSSR count). The molecule has 1 saturated heterocycles. The number of morpholine rings is 1. The predicted octanol–water partition coefficient (Wildman–Crippen LogP) is 3.49. The quantitative estimate of drug-likeness (QED) is 0.709. The van der Waals surface area contributed by atoms with Gasteiger partial charge in [-0.3, -0.25) is 10.2 Å². The van der Waals surface area contributed by atoms with Gasteiger partial charge in [0.15, 0.2) is 5.13 Å². The van der Waals surface area contributed by atoms with Crippen molar-refractivity contribution in [2.24, 2.45) is 0 Å². The summed E-state index contributed by atoms with van der Waals surface area (Å²) in [5, 5.41) is 6.47. The highest BCUT2D eigenvalue weighted by molar-refractivity contribution is 7.22. The van der Waals surface area contributed by atoms with Gasteiger partial charge in [-0.15, -0.1) is 0 Å². The normalized spacial score (nSPS) is 16.1. The number of nitrogens with one attached hydrogen (secondary N) is 2. The zero-order valence-electron chi connectivity index (χ0n) is 14.9. The fraction of sp³-hybridized carbons (Fsp3) is 0.300. The van der Waals surface area contributed by atoms with E-state index >= 15 is 0 Å². The molecule has 2 heterocycles. The Labute approximate surface area is 162 Å². The third-order valence-electron chi connectivity index (χ3n) is 4.64. The summed E-state index contributed by atoms with van der Waals surface area (Å²) in [7, 11) is 0. The molecule has 0 aliphatic carbocycles. The van der Waals surface area contributed by atoms with Crippen LogP contribution in [0.2, 0.25) is 0 Å². The van der Waals surface area contributed by atoms with E-state index in [4.69, 9.17) is 4.74 Å². The average molecular weight is 382 g/mol. The van der Waals surface area contributed by atoms with Gasteiger partial charge in [0.1, 0.15) is 0 Å². The number of anilines is 1. The van der Waals surface area contributed by atoms with Crippen molar-refractivity contribution >= 4 is 32.7 Å². The van der Waals surface area contributed by atoms with E-state index in [1.165, 1.54) is 16.9 Å². The van der Waals surface area contributed by atoms with Gasteiger partial charge in [0.25, 0.3) is 0 Å². The maximum Gasteiger partial charge on any atom is 0.321 e. The largest absolute Gasteiger partial charge is 0.379 e. The molecule has 1 aliphatic rings. The predicted molar refractivity (Wildman–Crippen MR) is 108 cm³/mol. The van der Waals surface area contributed by atoms with Crippen molar-refractivity contribution < 1.29 is 9.53 Å². The van der Waals surface area contributed by atoms with Gasteiger partial charge in [-0.2, -0.15) is 0 Å². The molecular formula is C20H22N4O2S. The molecule has 1 fully saturated rings. The van der Waals surface area contributed by atoms with Gasteiger partial charge in [0.2, 0.25) is 0 Å². The van der Waals surface area contributed by atoms with Crippen LogP contribution in [0.25, 0.3) is 10.2 Å². The number of fused-ring (bicyclic) bond motifs is 1. The van der Waals surface area contributed by atoms with E-state index in [0.717, 1.165) is 36.5 Å². The van der Waals surface area contributed by atoms with Crippen LogP contribution in [-0.4, -0.2) is 48.8 Å². The smallest absolute Gasteiger partial charge is 0.321 e. The Balaban J connectivity index is 1.41. The molecule has 0 spiro atoms. The molecule has 3 aromatic rings. The van der Waals surface area contributed by atoms with Gasteiger partial charge in [-0.05, 0) is 17.7 Å². The SMILES string of the molecule is O=C(NCC(c1ccccc1)N1CCOCC1)Nc1nc2ccccc2s1. The lowest BCUT2D eigenvalue weighted by molar-refractivity contribution is 0.0168. The Kier molecular flexibility index (Phi) is 5.62. The molecule has 140 valence electrons. The number of amides is 2. The lowest BCUT2D eigenvalue weighted by Gasteiger charge is -2.34. The van der Waals surface area contributed by atoms with Crippen LogP contribution >= 0.6 is 11.3 Å². The first-order chi connectivity index (χ1) is 13.3. The number of urea groups is 1. The fourth-order valence-electron chi connectivity index (χ4n) is 3.28. The Bertz CT molecular complexity index is 860. The summed E-state index contributed by atoms with van der Waals surface area (Å²) in [5.74, 6) is 0. The van der Waals surface area contributed by atoms with Gasteiger partial charge in [-0.1, -0.05) is 53.8 Å². The van der Waals surface area contributed by atoms with Crippen LogP contribution < -0.4 is 10.6 Å². The van der Waals surface area contributed by atoms with Crippen molar-refractivity contribution in [2.75, 3.05) is 38.2 Å². The first-order valence-electron chi connectivity index (χ1n) is 9.07. The number of carbonyl (C=O) groups excluding carboxylic acids is 1. The molecule has 0 bridgehead atoms. The topological polar surface area (TPSA) is 66.5 Å². The van der Waals surface area contributed by atoms with Gasteiger partial charge in [0.05, 0.1) is 29.5 Å². The number of carbonyl (C=O) groups is 1. The number of hydrogen-bond donors (Lipinski definition) is 2. The number of ether oxygens (including phenoxy) is 1. The molecule has 7 heteroatoms. The summed E-state index contributed by atoms with van der Waals surface area (Å²) in [6.07, 6.45) is 0. The van der Waals surface area contributed by atoms with Crippen molar-refractivity contribution in [3.63, 3.8) is 0 Å². The summed E-state index contributed by atoms with van der Waals surface area (Å²) in [6, 6.07) is 18.0. The van der Waals surface area contributed by atoms with Gasteiger partial charge < -0.3 is 10.1 Å². The van der Waals surface area contributed by atoms with Crippen molar-refractivity contribution in [1.82, 2.24) is 15.2 Å². The maximum absolute atomic E-state index is 12.4. The van der Waals surface area contributed by atoms with Crippen LogP contribution in [0, 0.1) is 0 Å². The minimum absolute atomic E-state index is 0.121. The van der Waals surface area contributed by atoms with Crippen LogP contribution in [0.15, 0.2) is 54.6 Å². The van der Waals surface area contributed by atoms with Crippen LogP contribution in [0.4, 0.5) is 9.93 Å². The van der Waals surface area contributed by atoms with Crippen LogP contribution in [-0.2, 0) is 4.74 Å². The average Bonchev–Trinajstić information content (AvgIpc) is 3.12. The molecule has 2 aromatic carbocycles. The summed E-state index contributed by atoms with van der Waals surface area (Å²) < 4.78 is 6.53. The molecule has 1 unspecified atom stereocenters. The van der Waals surface area contributed by atoms with Gasteiger partial charge in [-0.25, -0.2) is 9.78 Å². The Morgan fingerprint density at radius 2 is 1.85 bits per heavy atom. The highest BCUT2D eigenvalue weighted by Gasteiger charge is 2.23. The second-order valence-corrected chi connectivity index (χ2v) is 7.43. The Morgan fingerprint density at radius 3 is 2.63 bits per heavy atom. The molecular weight excluding hydrogens is 360 g/mol. The second-order valence-electron chi connectivity index (χ2n) is 6.40. The van der Waals surface area contributed by atoms with E-state index in [1.807, 2.05) is 42.5 Å². The first kappa shape index (κ1) is 17.9. The highest BCUT2D eigenvalue weighted by Crippen LogP contribution is 2.25. The van der Waals surface area contributed by atoms with Crippen LogP contribution in [0.3, 0.4) is 0 Å². The Morgan fingerprint density at radius 1 is 1.11 bits per heavy atom. The van der Waals surface area contributed by atoms with Crippen molar-refractivity contribution in [2.45, 2.75) is 6.04 Å². The highest BCUT2D eigenvalue weighted by atomic mass is 32.1. The zero-order valence-corrected chi connectivity index (χ0v) is 15.7. The summed E-state index contributed by atoms with van der Waals surface area (Å²) in [6.45, 7) is 3.70. The Hall–Kier alpha value is -2.48. The minimum Gasteiger partial charge on any atom is -0.379 e. The van der Waals surface area contributed by atoms with E-state index in [-0.39, 0.29) is 12.1 Å². The number of para-hydroxylation sites is 1. The lowest BCUT2D eigenvalue weighted by atomic mass is 10.0. The van der Waals surface area contributed by atoms with E-state index in [9.17, 15) is 4.79 Å². The summed E-state index contributed by atoms with van der Waals surface area (Å²) in [5.41, 5.74) is 2.09. The third-order valence-corrected chi connectivity index (χ3v) is 5.59. The molecule has 0 saturated carbocycles. The van der Waals surface area contributed by atoms with Crippen LogP contribution in [0.1, 0.15) is 11.6 Å². The van der Waals surface area contributed by atoms with E-state index < -0.39 is 0 Å². The molecule has 1 atom stereocenters. The van der Waals surface area contributed by atoms with Crippen molar-refractivity contribution in [1.29, 1.82) is 0 Å².